The Morgan fingerprint density at radius 2 is 1.96 bits per heavy atom. The third-order valence-electron chi connectivity index (χ3n) is 3.43. The molecule has 1 aliphatic carbocycles. The lowest BCUT2D eigenvalue weighted by atomic mass is 9.88. The van der Waals surface area contributed by atoms with Crippen LogP contribution in [0.25, 0.3) is 0 Å². The first-order chi connectivity index (χ1) is 11.2. The van der Waals surface area contributed by atoms with E-state index in [1.54, 1.807) is 30.3 Å². The molecule has 9 heteroatoms. The summed E-state index contributed by atoms with van der Waals surface area (Å²) in [7, 11) is 0. The normalized spacial score (nSPS) is 24.5. The molecule has 0 saturated carbocycles. The fraction of sp³-hybridized carbons (Fsp3) is 0.267. The smallest absolute Gasteiger partial charge is 0.255 e. The quantitative estimate of drug-likeness (QED) is 0.476. The molecule has 1 aromatic rings. The van der Waals surface area contributed by atoms with Crippen molar-refractivity contribution >= 4 is 49.2 Å². The summed E-state index contributed by atoms with van der Waals surface area (Å²) in [6.45, 7) is -0.805. The number of benzene rings is 1. The highest BCUT2D eigenvalue weighted by molar-refractivity contribution is 9.12. The van der Waals surface area contributed by atoms with Gasteiger partial charge in [-0.15, -0.1) is 0 Å². The van der Waals surface area contributed by atoms with Crippen molar-refractivity contribution in [1.29, 1.82) is 0 Å². The summed E-state index contributed by atoms with van der Waals surface area (Å²) in [4.78, 5) is 12.7. The number of alkyl halides is 4. The van der Waals surface area contributed by atoms with E-state index >= 15 is 0 Å². The Morgan fingerprint density at radius 1 is 1.38 bits per heavy atom. The zero-order chi connectivity index (χ0) is 18.1. The Balaban J connectivity index is 2.45. The molecule has 130 valence electrons. The number of Topliss-reactive ketones (excluding diaryl/α,β-unsaturated/α-hetero) is 1. The van der Waals surface area contributed by atoms with Gasteiger partial charge in [-0.3, -0.25) is 4.79 Å². The van der Waals surface area contributed by atoms with Crippen molar-refractivity contribution in [2.75, 3.05) is 6.54 Å². The van der Waals surface area contributed by atoms with Gasteiger partial charge in [-0.05, 0) is 0 Å². The van der Waals surface area contributed by atoms with E-state index in [2.05, 4.69) is 37.2 Å². The number of hydrogen-bond acceptors (Lipinski definition) is 3. The average Bonchev–Trinajstić information content (AvgIpc) is 2.53. The lowest BCUT2D eigenvalue weighted by Gasteiger charge is -2.35. The molecule has 1 aliphatic rings. The van der Waals surface area contributed by atoms with Crippen molar-refractivity contribution in [2.24, 2.45) is 11.7 Å². The van der Waals surface area contributed by atoms with Gasteiger partial charge >= 0.3 is 0 Å². The summed E-state index contributed by atoms with van der Waals surface area (Å²) < 4.78 is 37.5. The predicted molar refractivity (Wildman–Crippen MR) is 94.1 cm³/mol. The Morgan fingerprint density at radius 3 is 2.50 bits per heavy atom. The van der Waals surface area contributed by atoms with Gasteiger partial charge in [-0.25, -0.2) is 13.2 Å². The maximum Gasteiger partial charge on any atom is 0.255 e. The Labute approximate surface area is 158 Å². The van der Waals surface area contributed by atoms with Crippen LogP contribution in [0.15, 0.2) is 52.0 Å². The molecule has 0 spiro atoms. The summed E-state index contributed by atoms with van der Waals surface area (Å²) >= 11 is 12.5. The lowest BCUT2D eigenvalue weighted by Crippen LogP contribution is -2.43. The third-order valence-corrected chi connectivity index (χ3v) is 5.54. The predicted octanol–water partition coefficient (Wildman–Crippen LogP) is 4.43. The minimum atomic E-state index is -2.71. The van der Waals surface area contributed by atoms with Crippen LogP contribution in [-0.4, -0.2) is 22.5 Å². The highest BCUT2D eigenvalue weighted by atomic mass is 79.9. The summed E-state index contributed by atoms with van der Waals surface area (Å²) in [5.41, 5.74) is 5.51. The molecule has 2 rings (SSSR count). The van der Waals surface area contributed by atoms with Gasteiger partial charge in [0.25, 0.3) is 6.43 Å². The minimum absolute atomic E-state index is 0.172. The zero-order valence-corrected chi connectivity index (χ0v) is 15.9. The van der Waals surface area contributed by atoms with Crippen LogP contribution in [0.4, 0.5) is 13.2 Å². The lowest BCUT2D eigenvalue weighted by molar-refractivity contribution is 0.0938. The molecule has 1 aromatic carbocycles. The fourth-order valence-electron chi connectivity index (χ4n) is 2.25. The minimum Gasteiger partial charge on any atom is -0.398 e. The van der Waals surface area contributed by atoms with Crippen molar-refractivity contribution in [3.05, 3.63) is 57.6 Å². The second kappa shape index (κ2) is 7.49. The van der Waals surface area contributed by atoms with E-state index in [1.165, 1.54) is 0 Å². The number of nitrogens with two attached hydrogens (primary N) is 1. The van der Waals surface area contributed by atoms with Crippen LogP contribution >= 0.6 is 43.5 Å². The molecule has 0 amide bonds. The Kier molecular flexibility index (Phi) is 6.04. The van der Waals surface area contributed by atoms with E-state index in [0.717, 1.165) is 0 Å². The van der Waals surface area contributed by atoms with Crippen molar-refractivity contribution in [3.8, 4) is 0 Å². The highest BCUT2D eigenvalue weighted by Gasteiger charge is 2.49. The van der Waals surface area contributed by atoms with Crippen LogP contribution in [0, 0.1) is 5.92 Å². The van der Waals surface area contributed by atoms with Crippen LogP contribution in [0.3, 0.4) is 0 Å². The molecule has 0 radical (unpaired) electrons. The van der Waals surface area contributed by atoms with Gasteiger partial charge in [-0.2, -0.15) is 0 Å². The van der Waals surface area contributed by atoms with Gasteiger partial charge in [0, 0.05) is 10.0 Å². The number of halogens is 6. The molecule has 2 atom stereocenters. The van der Waals surface area contributed by atoms with Gasteiger partial charge in [0.15, 0.2) is 15.4 Å². The maximum absolute atomic E-state index is 14.6. The number of hydrogen-bond donors (Lipinski definition) is 2. The second-order valence-corrected chi connectivity index (χ2v) is 8.17. The van der Waals surface area contributed by atoms with Crippen molar-refractivity contribution < 1.29 is 18.0 Å². The maximum atomic E-state index is 14.6. The molecule has 3 N–H and O–H groups in total. The van der Waals surface area contributed by atoms with Crippen LogP contribution in [0.2, 0.25) is 0 Å². The van der Waals surface area contributed by atoms with Crippen LogP contribution in [-0.2, 0) is 0 Å². The fourth-order valence-corrected chi connectivity index (χ4v) is 4.37. The summed E-state index contributed by atoms with van der Waals surface area (Å²) in [5, 5.41) is 2.22. The Bertz CT molecular complexity index is 708. The van der Waals surface area contributed by atoms with Gasteiger partial charge in [0.05, 0.1) is 23.9 Å². The molecule has 0 fully saturated rings. The van der Waals surface area contributed by atoms with E-state index < -0.39 is 34.3 Å². The number of carbonyl (C=O) groups is 1. The van der Waals surface area contributed by atoms with Crippen LogP contribution < -0.4 is 11.1 Å². The van der Waals surface area contributed by atoms with Crippen molar-refractivity contribution in [2.45, 2.75) is 10.2 Å². The van der Waals surface area contributed by atoms with Gasteiger partial charge in [0.2, 0.25) is 0 Å². The molecular weight excluding hydrogens is 476 g/mol. The van der Waals surface area contributed by atoms with Gasteiger partial charge in [0.1, 0.15) is 0 Å². The van der Waals surface area contributed by atoms with Gasteiger partial charge in [-0.1, -0.05) is 73.8 Å². The molecular formula is C15H12Br2ClF3N2O. The molecule has 0 bridgehead atoms. The number of nitrogens with one attached hydrogen (secondary N) is 1. The first kappa shape index (κ1) is 19.3. The van der Waals surface area contributed by atoms with Crippen LogP contribution in [0.1, 0.15) is 10.4 Å². The molecule has 3 nitrogen and oxygen atoms in total. The van der Waals surface area contributed by atoms with Gasteiger partial charge < -0.3 is 11.1 Å². The summed E-state index contributed by atoms with van der Waals surface area (Å²) in [6.07, 6.45) is -2.71. The number of allylic oxidation sites excluding steroid dienone is 3. The number of ketones is 1. The summed E-state index contributed by atoms with van der Waals surface area (Å²) in [5.74, 6) is -2.60. The molecule has 0 saturated heterocycles. The van der Waals surface area contributed by atoms with Crippen molar-refractivity contribution in [1.82, 2.24) is 5.32 Å². The monoisotopic (exact) mass is 486 g/mol. The standard InChI is InChI=1S/C15H12Br2ClF3N2O/c16-10-9(13(24)7-4-2-1-3-5-7)15(17,18)14(22)12(11(10)21)23-6-8(19)20/h1-5,8-9,23H,6,22H2. The first-order valence-electron chi connectivity index (χ1n) is 6.72. The molecule has 24 heavy (non-hydrogen) atoms. The summed E-state index contributed by atoms with van der Waals surface area (Å²) in [6, 6.07) is 8.16. The number of carbonyl (C=O) groups excluding carboxylic acids is 1. The first-order valence-corrected chi connectivity index (χ1v) is 8.69. The topological polar surface area (TPSA) is 55.1 Å². The van der Waals surface area contributed by atoms with Crippen LogP contribution in [0.5, 0.6) is 0 Å². The largest absolute Gasteiger partial charge is 0.398 e. The van der Waals surface area contributed by atoms with E-state index in [1.807, 2.05) is 0 Å². The molecule has 2 unspecified atom stereocenters. The number of rotatable bonds is 5. The Hall–Kier alpha value is -0.990. The molecule has 0 aliphatic heterocycles. The SMILES string of the molecule is NC1=C(NCC(F)F)C(F)=C(Br)C(C(=O)c2ccccc2)C1(Cl)Br. The average molecular weight is 489 g/mol. The van der Waals surface area contributed by atoms with E-state index in [9.17, 15) is 18.0 Å². The van der Waals surface area contributed by atoms with E-state index in [-0.39, 0.29) is 15.9 Å². The zero-order valence-electron chi connectivity index (χ0n) is 12.0. The molecule has 0 heterocycles. The molecule has 0 aromatic heterocycles. The van der Waals surface area contributed by atoms with Crippen molar-refractivity contribution in [3.63, 3.8) is 0 Å². The van der Waals surface area contributed by atoms with E-state index in [0.29, 0.717) is 5.56 Å². The third kappa shape index (κ3) is 3.65. The second-order valence-electron chi connectivity index (χ2n) is 5.01. The highest BCUT2D eigenvalue weighted by Crippen LogP contribution is 2.50. The van der Waals surface area contributed by atoms with E-state index in [4.69, 9.17) is 17.3 Å².